The van der Waals surface area contributed by atoms with Crippen LogP contribution in [0.2, 0.25) is 0 Å². The molecule has 138 valence electrons. The van der Waals surface area contributed by atoms with Gasteiger partial charge < -0.3 is 15.5 Å². The molecule has 0 aromatic carbocycles. The van der Waals surface area contributed by atoms with E-state index in [1.807, 2.05) is 6.92 Å². The zero-order chi connectivity index (χ0) is 16.4. The summed E-state index contributed by atoms with van der Waals surface area (Å²) in [5.41, 5.74) is 0. The van der Waals surface area contributed by atoms with Crippen LogP contribution in [0, 0.1) is 5.92 Å². The molecule has 0 aromatic rings. The first kappa shape index (κ1) is 22.9. The highest BCUT2D eigenvalue weighted by Crippen LogP contribution is 2.15. The van der Waals surface area contributed by atoms with E-state index in [0.29, 0.717) is 5.96 Å². The van der Waals surface area contributed by atoms with Crippen molar-refractivity contribution in [3.63, 3.8) is 0 Å². The van der Waals surface area contributed by atoms with Gasteiger partial charge in [0.1, 0.15) is 0 Å². The van der Waals surface area contributed by atoms with Crippen molar-refractivity contribution in [2.24, 2.45) is 16.0 Å². The van der Waals surface area contributed by atoms with Gasteiger partial charge in [0.05, 0.1) is 5.75 Å². The monoisotopic (exact) mass is 461 g/mol. The molecule has 0 amide bonds. The maximum Gasteiger partial charge on any atom is 0.210 e. The lowest BCUT2D eigenvalue weighted by molar-refractivity contribution is 0.192. The van der Waals surface area contributed by atoms with Crippen molar-refractivity contribution in [2.45, 2.75) is 33.1 Å². The highest BCUT2D eigenvalue weighted by Gasteiger charge is 2.14. The first-order chi connectivity index (χ1) is 10.4. The number of likely N-dealkylation sites (tertiary alicyclic amines) is 1. The van der Waals surface area contributed by atoms with Crippen LogP contribution in [0.1, 0.15) is 33.1 Å². The zero-order valence-corrected chi connectivity index (χ0v) is 17.4. The average molecular weight is 461 g/mol. The maximum atomic E-state index is 10.9. The number of nitrogens with two attached hydrogens (primary N) is 1. The fourth-order valence-corrected chi connectivity index (χ4v) is 2.81. The molecule has 1 rings (SSSR count). The summed E-state index contributed by atoms with van der Waals surface area (Å²) in [6.07, 6.45) is 3.60. The first-order valence-corrected chi connectivity index (χ1v) is 9.87. The molecule has 4 N–H and O–H groups in total. The molecule has 1 aliphatic rings. The molecule has 0 bridgehead atoms. The standard InChI is InChI=1S/C14H31N5O2S.HI/c1-3-16-14(18-8-12-22(15,20)21)17-7-4-9-19-10-5-13(2)6-11-19;/h13H,3-12H2,1-2H3,(H2,15,20,21)(H2,16,17,18);1H. The molecule has 0 atom stereocenters. The number of sulfonamides is 1. The summed E-state index contributed by atoms with van der Waals surface area (Å²) < 4.78 is 21.8. The van der Waals surface area contributed by atoms with Gasteiger partial charge in [0, 0.05) is 19.6 Å². The van der Waals surface area contributed by atoms with Crippen molar-refractivity contribution >= 4 is 40.0 Å². The number of halogens is 1. The van der Waals surface area contributed by atoms with E-state index in [1.165, 1.54) is 25.9 Å². The number of nitrogens with zero attached hydrogens (tertiary/aromatic N) is 2. The van der Waals surface area contributed by atoms with Gasteiger partial charge in [-0.1, -0.05) is 6.92 Å². The van der Waals surface area contributed by atoms with E-state index >= 15 is 0 Å². The normalized spacial score (nSPS) is 17.6. The molecule has 0 aromatic heterocycles. The molecule has 0 aliphatic carbocycles. The highest BCUT2D eigenvalue weighted by atomic mass is 127. The lowest BCUT2D eigenvalue weighted by Gasteiger charge is -2.29. The van der Waals surface area contributed by atoms with Crippen LogP contribution in [-0.4, -0.2) is 64.3 Å². The first-order valence-electron chi connectivity index (χ1n) is 8.15. The van der Waals surface area contributed by atoms with E-state index in [-0.39, 0.29) is 36.3 Å². The average Bonchev–Trinajstić information content (AvgIpc) is 2.44. The number of hydrogen-bond acceptors (Lipinski definition) is 4. The minimum atomic E-state index is -3.43. The highest BCUT2D eigenvalue weighted by molar-refractivity contribution is 14.0. The molecular weight excluding hydrogens is 429 g/mol. The fourth-order valence-electron chi connectivity index (χ4n) is 2.42. The van der Waals surface area contributed by atoms with Crippen LogP contribution in [-0.2, 0) is 10.0 Å². The van der Waals surface area contributed by atoms with Gasteiger partial charge in [-0.25, -0.2) is 13.6 Å². The number of primary sulfonamides is 1. The Kier molecular flexibility index (Phi) is 12.2. The third-order valence-electron chi connectivity index (χ3n) is 3.80. The van der Waals surface area contributed by atoms with Crippen LogP contribution in [0.5, 0.6) is 0 Å². The van der Waals surface area contributed by atoms with Gasteiger partial charge in [-0.15, -0.1) is 24.0 Å². The van der Waals surface area contributed by atoms with Gasteiger partial charge in [0.25, 0.3) is 0 Å². The predicted molar refractivity (Wildman–Crippen MR) is 107 cm³/mol. The van der Waals surface area contributed by atoms with Crippen molar-refractivity contribution in [1.82, 2.24) is 15.5 Å². The van der Waals surface area contributed by atoms with Gasteiger partial charge in [0.15, 0.2) is 5.96 Å². The van der Waals surface area contributed by atoms with E-state index in [1.54, 1.807) is 0 Å². The van der Waals surface area contributed by atoms with Gasteiger partial charge in [-0.2, -0.15) is 0 Å². The Morgan fingerprint density at radius 2 is 1.96 bits per heavy atom. The second kappa shape index (κ2) is 12.3. The van der Waals surface area contributed by atoms with Crippen molar-refractivity contribution < 1.29 is 8.42 Å². The zero-order valence-electron chi connectivity index (χ0n) is 14.3. The van der Waals surface area contributed by atoms with Crippen LogP contribution < -0.4 is 15.8 Å². The van der Waals surface area contributed by atoms with Gasteiger partial charge in [-0.05, 0) is 51.7 Å². The number of piperidine rings is 1. The lowest BCUT2D eigenvalue weighted by Crippen LogP contribution is -2.40. The summed E-state index contributed by atoms with van der Waals surface area (Å²) in [6.45, 7) is 9.50. The smallest absolute Gasteiger partial charge is 0.210 e. The van der Waals surface area contributed by atoms with E-state index < -0.39 is 10.0 Å². The largest absolute Gasteiger partial charge is 0.357 e. The van der Waals surface area contributed by atoms with Crippen LogP contribution in [0.4, 0.5) is 0 Å². The quantitative estimate of drug-likeness (QED) is 0.213. The Balaban J connectivity index is 0.00000484. The number of rotatable bonds is 8. The minimum absolute atomic E-state index is 0. The second-order valence-electron chi connectivity index (χ2n) is 5.93. The summed E-state index contributed by atoms with van der Waals surface area (Å²) >= 11 is 0. The summed E-state index contributed by atoms with van der Waals surface area (Å²) in [7, 11) is -3.43. The third-order valence-corrected chi connectivity index (χ3v) is 4.58. The van der Waals surface area contributed by atoms with E-state index in [0.717, 1.165) is 32.0 Å². The maximum absolute atomic E-state index is 10.9. The van der Waals surface area contributed by atoms with Crippen LogP contribution >= 0.6 is 24.0 Å². The Hall–Kier alpha value is -0.130. The molecule has 7 nitrogen and oxygen atoms in total. The third kappa shape index (κ3) is 12.0. The lowest BCUT2D eigenvalue weighted by atomic mass is 9.99. The molecule has 0 radical (unpaired) electrons. The second-order valence-corrected chi connectivity index (χ2v) is 7.67. The van der Waals surface area contributed by atoms with E-state index in [9.17, 15) is 8.42 Å². The summed E-state index contributed by atoms with van der Waals surface area (Å²) in [5.74, 6) is 1.42. The molecular formula is C14H32IN5O2S. The molecule has 0 saturated carbocycles. The summed E-state index contributed by atoms with van der Waals surface area (Å²) in [4.78, 5) is 6.96. The molecule has 1 fully saturated rings. The van der Waals surface area contributed by atoms with Crippen LogP contribution in [0.15, 0.2) is 4.99 Å². The Labute approximate surface area is 157 Å². The Morgan fingerprint density at radius 1 is 1.30 bits per heavy atom. The Morgan fingerprint density at radius 3 is 2.52 bits per heavy atom. The summed E-state index contributed by atoms with van der Waals surface area (Å²) in [5, 5.41) is 11.1. The van der Waals surface area contributed by atoms with E-state index in [2.05, 4.69) is 27.4 Å². The molecule has 9 heteroatoms. The van der Waals surface area contributed by atoms with Gasteiger partial charge in [0.2, 0.25) is 10.0 Å². The van der Waals surface area contributed by atoms with Crippen LogP contribution in [0.3, 0.4) is 0 Å². The summed E-state index contributed by atoms with van der Waals surface area (Å²) in [6, 6.07) is 0. The van der Waals surface area contributed by atoms with E-state index in [4.69, 9.17) is 5.14 Å². The van der Waals surface area contributed by atoms with Crippen molar-refractivity contribution in [3.8, 4) is 0 Å². The molecule has 23 heavy (non-hydrogen) atoms. The molecule has 0 unspecified atom stereocenters. The molecule has 1 saturated heterocycles. The van der Waals surface area contributed by atoms with Gasteiger partial charge in [-0.3, -0.25) is 4.99 Å². The number of hydrogen-bond donors (Lipinski definition) is 3. The number of nitrogens with one attached hydrogen (secondary N) is 2. The van der Waals surface area contributed by atoms with Crippen molar-refractivity contribution in [1.29, 1.82) is 0 Å². The molecule has 1 aliphatic heterocycles. The molecule has 1 heterocycles. The minimum Gasteiger partial charge on any atom is -0.357 e. The van der Waals surface area contributed by atoms with Crippen LogP contribution in [0.25, 0.3) is 0 Å². The topological polar surface area (TPSA) is 99.8 Å². The Bertz CT molecular complexity index is 436. The van der Waals surface area contributed by atoms with Crippen molar-refractivity contribution in [3.05, 3.63) is 0 Å². The number of guanidine groups is 1. The SMILES string of the molecule is CCNC(=NCCCN1CCC(C)CC1)NCCS(N)(=O)=O.I. The molecule has 0 spiro atoms. The van der Waals surface area contributed by atoms with Gasteiger partial charge >= 0.3 is 0 Å². The fraction of sp³-hybridized carbons (Fsp3) is 0.929. The van der Waals surface area contributed by atoms with Crippen molar-refractivity contribution in [2.75, 3.05) is 45.0 Å². The number of aliphatic imine (C=N–C) groups is 1. The predicted octanol–water partition coefficient (Wildman–Crippen LogP) is 0.570.